The molecule has 0 bridgehead atoms. The van der Waals surface area contributed by atoms with Crippen molar-refractivity contribution >= 4 is 27.7 Å². The predicted molar refractivity (Wildman–Crippen MR) is 101 cm³/mol. The number of pyridine rings is 1. The number of carbonyl (C=O) groups excluding carboxylic acids is 2. The van der Waals surface area contributed by atoms with Gasteiger partial charge in [-0.25, -0.2) is 4.98 Å². The van der Waals surface area contributed by atoms with Crippen LogP contribution in [-0.4, -0.2) is 41.3 Å². The third-order valence-corrected chi connectivity index (χ3v) is 4.62. The third-order valence-electron chi connectivity index (χ3n) is 4.13. The number of nitrogens with zero attached hydrogens (tertiary/aromatic N) is 2. The summed E-state index contributed by atoms with van der Waals surface area (Å²) in [6, 6.07) is 10.7. The molecule has 1 aromatic carbocycles. The molecule has 7 heteroatoms. The van der Waals surface area contributed by atoms with E-state index in [2.05, 4.69) is 26.2 Å². The fourth-order valence-electron chi connectivity index (χ4n) is 2.74. The standard InChI is InChI=1S/C19H20BrN3O3/c20-15-5-4-6-16(11-15)26-17-8-7-14(12-21-17)19(25)22-13-18(24)23-9-2-1-3-10-23/h4-8,11-12H,1-3,9-10,13H2,(H,22,25). The molecule has 1 fully saturated rings. The quantitative estimate of drug-likeness (QED) is 0.808. The SMILES string of the molecule is O=C(NCC(=O)N1CCCCC1)c1ccc(Oc2cccc(Br)c2)nc1. The van der Waals surface area contributed by atoms with E-state index in [-0.39, 0.29) is 18.4 Å². The Hall–Kier alpha value is -2.41. The maximum Gasteiger partial charge on any atom is 0.253 e. The van der Waals surface area contributed by atoms with E-state index in [1.807, 2.05) is 24.3 Å². The Labute approximate surface area is 160 Å². The molecule has 6 nitrogen and oxygen atoms in total. The van der Waals surface area contributed by atoms with Crippen LogP contribution in [0.2, 0.25) is 0 Å². The second-order valence-electron chi connectivity index (χ2n) is 6.07. The number of amides is 2. The van der Waals surface area contributed by atoms with Crippen LogP contribution in [0.15, 0.2) is 47.1 Å². The van der Waals surface area contributed by atoms with Gasteiger partial charge in [-0.15, -0.1) is 0 Å². The van der Waals surface area contributed by atoms with E-state index in [1.54, 1.807) is 17.0 Å². The average molecular weight is 418 g/mol. The van der Waals surface area contributed by atoms with Crippen molar-refractivity contribution in [2.75, 3.05) is 19.6 Å². The Morgan fingerprint density at radius 2 is 1.96 bits per heavy atom. The lowest BCUT2D eigenvalue weighted by molar-refractivity contribution is -0.130. The minimum Gasteiger partial charge on any atom is -0.439 e. The van der Waals surface area contributed by atoms with E-state index in [0.29, 0.717) is 17.2 Å². The number of aromatic nitrogens is 1. The van der Waals surface area contributed by atoms with Gasteiger partial charge < -0.3 is 15.0 Å². The molecule has 2 aromatic rings. The van der Waals surface area contributed by atoms with Gasteiger partial charge in [-0.05, 0) is 43.5 Å². The van der Waals surface area contributed by atoms with E-state index in [1.165, 1.54) is 6.20 Å². The van der Waals surface area contributed by atoms with E-state index >= 15 is 0 Å². The second kappa shape index (κ2) is 8.80. The van der Waals surface area contributed by atoms with Crippen LogP contribution in [0.1, 0.15) is 29.6 Å². The van der Waals surface area contributed by atoms with Gasteiger partial charge in [0.1, 0.15) is 5.75 Å². The molecule has 1 aliphatic rings. The highest BCUT2D eigenvalue weighted by Crippen LogP contribution is 2.22. The van der Waals surface area contributed by atoms with Gasteiger partial charge in [0.2, 0.25) is 11.8 Å². The Balaban J connectivity index is 1.52. The Bertz CT molecular complexity index is 774. The molecular weight excluding hydrogens is 398 g/mol. The first kappa shape index (κ1) is 18.4. The number of carbonyl (C=O) groups is 2. The van der Waals surface area contributed by atoms with Crippen LogP contribution >= 0.6 is 15.9 Å². The number of piperidine rings is 1. The Kier molecular flexibility index (Phi) is 6.22. The van der Waals surface area contributed by atoms with Crippen molar-refractivity contribution in [3.8, 4) is 11.6 Å². The lowest BCUT2D eigenvalue weighted by Crippen LogP contribution is -2.42. The van der Waals surface area contributed by atoms with Crippen LogP contribution in [0.4, 0.5) is 0 Å². The van der Waals surface area contributed by atoms with E-state index in [4.69, 9.17) is 4.74 Å². The molecule has 0 radical (unpaired) electrons. The first-order chi connectivity index (χ1) is 12.6. The van der Waals surface area contributed by atoms with Crippen LogP contribution < -0.4 is 10.1 Å². The van der Waals surface area contributed by atoms with Crippen LogP contribution in [0.25, 0.3) is 0 Å². The van der Waals surface area contributed by atoms with Gasteiger partial charge in [-0.2, -0.15) is 0 Å². The summed E-state index contributed by atoms with van der Waals surface area (Å²) in [6.45, 7) is 1.56. The molecule has 1 saturated heterocycles. The molecule has 2 amide bonds. The van der Waals surface area contributed by atoms with Crippen LogP contribution in [0, 0.1) is 0 Å². The molecule has 0 spiro atoms. The van der Waals surface area contributed by atoms with Crippen molar-refractivity contribution in [3.63, 3.8) is 0 Å². The number of benzene rings is 1. The van der Waals surface area contributed by atoms with Crippen molar-refractivity contribution < 1.29 is 14.3 Å². The maximum absolute atomic E-state index is 12.2. The number of nitrogens with one attached hydrogen (secondary N) is 1. The smallest absolute Gasteiger partial charge is 0.253 e. The largest absolute Gasteiger partial charge is 0.439 e. The van der Waals surface area contributed by atoms with Gasteiger partial charge in [0, 0.05) is 29.8 Å². The number of likely N-dealkylation sites (tertiary alicyclic amines) is 1. The fraction of sp³-hybridized carbons (Fsp3) is 0.316. The molecule has 0 saturated carbocycles. The zero-order valence-corrected chi connectivity index (χ0v) is 15.9. The first-order valence-electron chi connectivity index (χ1n) is 8.57. The summed E-state index contributed by atoms with van der Waals surface area (Å²) < 4.78 is 6.54. The van der Waals surface area contributed by atoms with E-state index in [9.17, 15) is 9.59 Å². The predicted octanol–water partition coefficient (Wildman–Crippen LogP) is 3.38. The highest BCUT2D eigenvalue weighted by Gasteiger charge is 2.17. The molecule has 0 unspecified atom stereocenters. The minimum absolute atomic E-state index is 0.00905. The molecule has 2 heterocycles. The number of hydrogen-bond acceptors (Lipinski definition) is 4. The van der Waals surface area contributed by atoms with Crippen molar-refractivity contribution in [3.05, 3.63) is 52.6 Å². The van der Waals surface area contributed by atoms with Gasteiger partial charge in [0.25, 0.3) is 5.91 Å². The summed E-state index contributed by atoms with van der Waals surface area (Å²) >= 11 is 3.38. The van der Waals surface area contributed by atoms with Crippen LogP contribution in [0.5, 0.6) is 11.6 Å². The average Bonchev–Trinajstić information content (AvgIpc) is 2.67. The molecule has 0 aliphatic carbocycles. The highest BCUT2D eigenvalue weighted by atomic mass is 79.9. The summed E-state index contributed by atoms with van der Waals surface area (Å²) in [5.74, 6) is 0.678. The molecule has 1 aliphatic heterocycles. The van der Waals surface area contributed by atoms with Crippen molar-refractivity contribution in [1.29, 1.82) is 0 Å². The van der Waals surface area contributed by atoms with Gasteiger partial charge in [-0.3, -0.25) is 9.59 Å². The van der Waals surface area contributed by atoms with Gasteiger partial charge >= 0.3 is 0 Å². The minimum atomic E-state index is -0.322. The second-order valence-corrected chi connectivity index (χ2v) is 6.98. The zero-order chi connectivity index (χ0) is 18.4. The lowest BCUT2D eigenvalue weighted by Gasteiger charge is -2.26. The summed E-state index contributed by atoms with van der Waals surface area (Å²) in [5, 5.41) is 2.66. The molecule has 136 valence electrons. The zero-order valence-electron chi connectivity index (χ0n) is 14.3. The molecule has 0 atom stereocenters. The Morgan fingerprint density at radius 1 is 1.15 bits per heavy atom. The molecule has 1 aromatic heterocycles. The Morgan fingerprint density at radius 3 is 2.65 bits per heavy atom. The highest BCUT2D eigenvalue weighted by molar-refractivity contribution is 9.10. The van der Waals surface area contributed by atoms with Gasteiger partial charge in [0.15, 0.2) is 0 Å². The first-order valence-corrected chi connectivity index (χ1v) is 9.36. The normalized spacial score (nSPS) is 14.0. The molecule has 1 N–H and O–H groups in total. The van der Waals surface area contributed by atoms with Crippen LogP contribution in [0.3, 0.4) is 0 Å². The summed E-state index contributed by atoms with van der Waals surface area (Å²) in [7, 11) is 0. The summed E-state index contributed by atoms with van der Waals surface area (Å²) in [5.41, 5.74) is 0.387. The van der Waals surface area contributed by atoms with Crippen molar-refractivity contribution in [2.45, 2.75) is 19.3 Å². The van der Waals surface area contributed by atoms with E-state index < -0.39 is 0 Å². The van der Waals surface area contributed by atoms with Crippen molar-refractivity contribution in [1.82, 2.24) is 15.2 Å². The van der Waals surface area contributed by atoms with E-state index in [0.717, 1.165) is 36.8 Å². The maximum atomic E-state index is 12.2. The molecule has 3 rings (SSSR count). The lowest BCUT2D eigenvalue weighted by atomic mass is 10.1. The van der Waals surface area contributed by atoms with Gasteiger partial charge in [-0.1, -0.05) is 22.0 Å². The number of halogens is 1. The summed E-state index contributed by atoms with van der Waals surface area (Å²) in [6.07, 6.45) is 4.66. The van der Waals surface area contributed by atoms with Crippen LogP contribution in [-0.2, 0) is 4.79 Å². The van der Waals surface area contributed by atoms with Crippen molar-refractivity contribution in [2.24, 2.45) is 0 Å². The number of rotatable bonds is 5. The number of hydrogen-bond donors (Lipinski definition) is 1. The molecule has 26 heavy (non-hydrogen) atoms. The third kappa shape index (κ3) is 5.05. The summed E-state index contributed by atoms with van der Waals surface area (Å²) in [4.78, 5) is 30.2. The topological polar surface area (TPSA) is 71.5 Å². The fourth-order valence-corrected chi connectivity index (χ4v) is 3.12. The number of ether oxygens (including phenoxy) is 1. The monoisotopic (exact) mass is 417 g/mol. The van der Waals surface area contributed by atoms with Gasteiger partial charge in [0.05, 0.1) is 12.1 Å². The molecular formula is C19H20BrN3O3.